The second-order valence-corrected chi connectivity index (χ2v) is 4.97. The number of methoxy groups -OCH3 is 1. The molecule has 1 aromatic carbocycles. The fraction of sp³-hybridized carbons (Fsp3) is 0.438. The Hall–Kier alpha value is -1.81. The monoisotopic (exact) mass is 273 g/mol. The number of para-hydroxylation sites is 1. The molecule has 108 valence electrons. The summed E-state index contributed by atoms with van der Waals surface area (Å²) in [6, 6.07) is 10.7. The van der Waals surface area contributed by atoms with Gasteiger partial charge in [0.25, 0.3) is 0 Å². The molecule has 0 spiro atoms. The Bertz CT molecular complexity index is 550. The summed E-state index contributed by atoms with van der Waals surface area (Å²) in [7, 11) is 3.69. The molecule has 0 aliphatic rings. The predicted octanol–water partition coefficient (Wildman–Crippen LogP) is 3.23. The van der Waals surface area contributed by atoms with Gasteiger partial charge in [-0.25, -0.2) is 0 Å². The molecule has 0 saturated heterocycles. The molecular weight excluding hydrogens is 250 g/mol. The third-order valence-electron chi connectivity index (χ3n) is 3.68. The largest absolute Gasteiger partial charge is 0.496 e. The van der Waals surface area contributed by atoms with Crippen LogP contribution >= 0.6 is 0 Å². The lowest BCUT2D eigenvalue weighted by Crippen LogP contribution is -2.26. The highest BCUT2D eigenvalue weighted by Gasteiger charge is 2.18. The summed E-state index contributed by atoms with van der Waals surface area (Å²) in [5.41, 5.74) is 2.38. The van der Waals surface area contributed by atoms with Crippen LogP contribution in [0.5, 0.6) is 5.75 Å². The number of ether oxygens (including phenoxy) is 1. The zero-order valence-corrected chi connectivity index (χ0v) is 12.6. The Morgan fingerprint density at radius 3 is 2.65 bits per heavy atom. The van der Waals surface area contributed by atoms with E-state index in [1.807, 2.05) is 36.1 Å². The molecule has 2 rings (SSSR count). The normalized spacial score (nSPS) is 14.0. The van der Waals surface area contributed by atoms with Crippen molar-refractivity contribution in [3.63, 3.8) is 0 Å². The summed E-state index contributed by atoms with van der Waals surface area (Å²) in [6.07, 6.45) is 2.83. The average Bonchev–Trinajstić information content (AvgIpc) is 2.90. The van der Waals surface area contributed by atoms with Crippen LogP contribution in [0.4, 0.5) is 0 Å². The smallest absolute Gasteiger partial charge is 0.123 e. The molecule has 0 aliphatic heterocycles. The number of rotatable bonds is 6. The van der Waals surface area contributed by atoms with Gasteiger partial charge in [0.2, 0.25) is 0 Å². The number of hydrogen-bond acceptors (Lipinski definition) is 3. The molecule has 4 nitrogen and oxygen atoms in total. The summed E-state index contributed by atoms with van der Waals surface area (Å²) in [5, 5.41) is 7.89. The van der Waals surface area contributed by atoms with Crippen LogP contribution in [0.3, 0.4) is 0 Å². The van der Waals surface area contributed by atoms with Gasteiger partial charge >= 0.3 is 0 Å². The van der Waals surface area contributed by atoms with Crippen molar-refractivity contribution in [2.75, 3.05) is 7.11 Å². The predicted molar refractivity (Wildman–Crippen MR) is 80.8 cm³/mol. The van der Waals surface area contributed by atoms with Crippen molar-refractivity contribution in [1.29, 1.82) is 0 Å². The van der Waals surface area contributed by atoms with E-state index in [-0.39, 0.29) is 12.1 Å². The van der Waals surface area contributed by atoms with Gasteiger partial charge in [-0.15, -0.1) is 0 Å². The summed E-state index contributed by atoms with van der Waals surface area (Å²) >= 11 is 0. The van der Waals surface area contributed by atoms with Crippen molar-refractivity contribution in [3.8, 4) is 5.75 Å². The third kappa shape index (κ3) is 3.02. The van der Waals surface area contributed by atoms with Gasteiger partial charge in [0.15, 0.2) is 0 Å². The molecule has 0 amide bonds. The molecule has 2 aromatic rings. The molecular formula is C16H23N3O. The van der Waals surface area contributed by atoms with Crippen LogP contribution < -0.4 is 10.1 Å². The maximum Gasteiger partial charge on any atom is 0.123 e. The van der Waals surface area contributed by atoms with E-state index in [2.05, 4.69) is 36.4 Å². The average molecular weight is 273 g/mol. The molecule has 0 bridgehead atoms. The Morgan fingerprint density at radius 1 is 1.30 bits per heavy atom. The maximum absolute atomic E-state index is 5.47. The lowest BCUT2D eigenvalue weighted by Gasteiger charge is -2.24. The molecule has 0 radical (unpaired) electrons. The van der Waals surface area contributed by atoms with Gasteiger partial charge in [0.1, 0.15) is 5.75 Å². The molecule has 1 N–H and O–H groups in total. The summed E-state index contributed by atoms with van der Waals surface area (Å²) < 4.78 is 7.38. The van der Waals surface area contributed by atoms with Gasteiger partial charge in [-0.3, -0.25) is 4.68 Å². The van der Waals surface area contributed by atoms with Gasteiger partial charge in [-0.1, -0.05) is 25.1 Å². The zero-order chi connectivity index (χ0) is 14.5. The number of hydrogen-bond donors (Lipinski definition) is 1. The molecule has 0 fully saturated rings. The summed E-state index contributed by atoms with van der Waals surface area (Å²) in [6.45, 7) is 4.34. The van der Waals surface area contributed by atoms with E-state index in [1.165, 1.54) is 11.3 Å². The fourth-order valence-corrected chi connectivity index (χ4v) is 2.58. The zero-order valence-electron chi connectivity index (χ0n) is 12.6. The maximum atomic E-state index is 5.47. The highest BCUT2D eigenvalue weighted by Crippen LogP contribution is 2.29. The Balaban J connectivity index is 2.19. The van der Waals surface area contributed by atoms with Crippen LogP contribution in [-0.4, -0.2) is 16.9 Å². The first-order valence-electron chi connectivity index (χ1n) is 7.04. The molecule has 2 unspecified atom stereocenters. The Labute approximate surface area is 120 Å². The molecule has 20 heavy (non-hydrogen) atoms. The Kier molecular flexibility index (Phi) is 4.79. The minimum absolute atomic E-state index is 0.234. The highest BCUT2D eigenvalue weighted by atomic mass is 16.5. The molecule has 2 atom stereocenters. The van der Waals surface area contributed by atoms with Gasteiger partial charge in [-0.05, 0) is 25.5 Å². The van der Waals surface area contributed by atoms with E-state index in [0.29, 0.717) is 0 Å². The quantitative estimate of drug-likeness (QED) is 0.878. The topological polar surface area (TPSA) is 39.1 Å². The number of nitrogens with zero attached hydrogens (tertiary/aromatic N) is 2. The van der Waals surface area contributed by atoms with Gasteiger partial charge < -0.3 is 10.1 Å². The van der Waals surface area contributed by atoms with Crippen molar-refractivity contribution in [2.45, 2.75) is 32.4 Å². The van der Waals surface area contributed by atoms with E-state index in [1.54, 1.807) is 7.11 Å². The van der Waals surface area contributed by atoms with Gasteiger partial charge in [0.05, 0.1) is 12.8 Å². The Morgan fingerprint density at radius 2 is 2.05 bits per heavy atom. The van der Waals surface area contributed by atoms with E-state index >= 15 is 0 Å². The van der Waals surface area contributed by atoms with Crippen molar-refractivity contribution < 1.29 is 4.74 Å². The lowest BCUT2D eigenvalue weighted by atomic mass is 10.0. The van der Waals surface area contributed by atoms with Gasteiger partial charge in [0, 0.05) is 30.9 Å². The van der Waals surface area contributed by atoms with E-state index in [4.69, 9.17) is 4.74 Å². The molecule has 1 aromatic heterocycles. The van der Waals surface area contributed by atoms with Crippen molar-refractivity contribution in [2.24, 2.45) is 7.05 Å². The first-order valence-corrected chi connectivity index (χ1v) is 7.04. The van der Waals surface area contributed by atoms with Crippen molar-refractivity contribution in [1.82, 2.24) is 15.1 Å². The fourth-order valence-electron chi connectivity index (χ4n) is 2.58. The second kappa shape index (κ2) is 6.57. The van der Waals surface area contributed by atoms with Crippen molar-refractivity contribution in [3.05, 3.63) is 47.8 Å². The minimum Gasteiger partial charge on any atom is -0.496 e. The minimum atomic E-state index is 0.234. The lowest BCUT2D eigenvalue weighted by molar-refractivity contribution is 0.385. The molecule has 0 saturated carbocycles. The number of nitrogens with one attached hydrogen (secondary N) is 1. The van der Waals surface area contributed by atoms with Crippen molar-refractivity contribution >= 4 is 0 Å². The second-order valence-electron chi connectivity index (χ2n) is 4.97. The molecule has 4 heteroatoms. The summed E-state index contributed by atoms with van der Waals surface area (Å²) in [5.74, 6) is 0.934. The van der Waals surface area contributed by atoms with E-state index in [9.17, 15) is 0 Å². The van der Waals surface area contributed by atoms with Crippen LogP contribution in [0.1, 0.15) is 43.6 Å². The number of aromatic nitrogens is 2. The van der Waals surface area contributed by atoms with Crippen LogP contribution in [0.15, 0.2) is 36.5 Å². The SMILES string of the molecule is CCC(NC(C)c1ccnn1C)c1ccccc1OC. The van der Waals surface area contributed by atoms with E-state index < -0.39 is 0 Å². The first-order chi connectivity index (χ1) is 9.67. The van der Waals surface area contributed by atoms with E-state index in [0.717, 1.165) is 12.2 Å². The highest BCUT2D eigenvalue weighted by molar-refractivity contribution is 5.36. The molecule has 0 aliphatic carbocycles. The number of aryl methyl sites for hydroxylation is 1. The first kappa shape index (κ1) is 14.6. The van der Waals surface area contributed by atoms with Crippen LogP contribution in [0.2, 0.25) is 0 Å². The van der Waals surface area contributed by atoms with Crippen LogP contribution in [0.25, 0.3) is 0 Å². The molecule has 1 heterocycles. The third-order valence-corrected chi connectivity index (χ3v) is 3.68. The number of benzene rings is 1. The standard InChI is InChI=1S/C16H23N3O/c1-5-14(13-8-6-7-9-16(13)20-4)18-12(2)15-10-11-17-19(15)3/h6-12,14,18H,5H2,1-4H3. The summed E-state index contributed by atoms with van der Waals surface area (Å²) in [4.78, 5) is 0. The van der Waals surface area contributed by atoms with Crippen LogP contribution in [0, 0.1) is 0 Å². The van der Waals surface area contributed by atoms with Crippen LogP contribution in [-0.2, 0) is 7.05 Å². The van der Waals surface area contributed by atoms with Gasteiger partial charge in [-0.2, -0.15) is 5.10 Å².